The van der Waals surface area contributed by atoms with Crippen LogP contribution in [-0.2, 0) is 0 Å². The lowest BCUT2D eigenvalue weighted by Gasteiger charge is -2.28. The fourth-order valence-electron chi connectivity index (χ4n) is 4.59. The summed E-state index contributed by atoms with van der Waals surface area (Å²) < 4.78 is 7.73. The Hall–Kier alpha value is -2.86. The largest absolute Gasteiger partial charge is 0.497 e. The van der Waals surface area contributed by atoms with Gasteiger partial charge in [-0.15, -0.1) is 0 Å². The first-order valence-corrected chi connectivity index (χ1v) is 10.7. The van der Waals surface area contributed by atoms with Gasteiger partial charge >= 0.3 is 0 Å². The number of thiocarbonyl (C=S) groups is 1. The molecule has 3 heterocycles. The Kier molecular flexibility index (Phi) is 5.52. The number of pyridine rings is 1. The summed E-state index contributed by atoms with van der Waals surface area (Å²) in [5, 5.41) is 4.24. The lowest BCUT2D eigenvalue weighted by atomic mass is 9.96. The van der Waals surface area contributed by atoms with E-state index < -0.39 is 0 Å². The number of anilines is 1. The normalized spacial score (nSPS) is 18.7. The average molecular weight is 421 g/mol. The molecule has 2 unspecified atom stereocenters. The van der Waals surface area contributed by atoms with Gasteiger partial charge in [0.25, 0.3) is 0 Å². The van der Waals surface area contributed by atoms with Crippen LogP contribution in [0.15, 0.2) is 54.7 Å². The first-order valence-electron chi connectivity index (χ1n) is 10.3. The second-order valence-electron chi connectivity index (χ2n) is 7.98. The highest BCUT2D eigenvalue weighted by molar-refractivity contribution is 7.80. The van der Waals surface area contributed by atoms with Crippen LogP contribution < -0.4 is 15.0 Å². The summed E-state index contributed by atoms with van der Waals surface area (Å²) in [6, 6.07) is 16.7. The summed E-state index contributed by atoms with van der Waals surface area (Å²) in [5.41, 5.74) is 5.80. The van der Waals surface area contributed by atoms with Crippen molar-refractivity contribution in [2.24, 2.45) is 0 Å². The van der Waals surface area contributed by atoms with E-state index in [0.717, 1.165) is 17.1 Å². The smallest absolute Gasteiger partial charge is 0.174 e. The molecule has 1 saturated heterocycles. The van der Waals surface area contributed by atoms with Crippen LogP contribution >= 0.6 is 12.2 Å². The van der Waals surface area contributed by atoms with Gasteiger partial charge < -0.3 is 19.5 Å². The molecule has 2 aromatic heterocycles. The molecule has 30 heavy (non-hydrogen) atoms. The first-order chi connectivity index (χ1) is 14.4. The quantitative estimate of drug-likeness (QED) is 0.570. The van der Waals surface area contributed by atoms with Gasteiger partial charge in [0.2, 0.25) is 0 Å². The monoisotopic (exact) mass is 420 g/mol. The molecule has 6 heteroatoms. The van der Waals surface area contributed by atoms with E-state index in [1.54, 1.807) is 7.11 Å². The molecule has 2 atom stereocenters. The minimum Gasteiger partial charge on any atom is -0.497 e. The van der Waals surface area contributed by atoms with Gasteiger partial charge in [-0.1, -0.05) is 6.07 Å². The van der Waals surface area contributed by atoms with Gasteiger partial charge in [-0.2, -0.15) is 0 Å². The van der Waals surface area contributed by atoms with Crippen molar-refractivity contribution in [1.29, 1.82) is 0 Å². The molecule has 1 aliphatic rings. The maximum Gasteiger partial charge on any atom is 0.174 e. The predicted octanol–water partition coefficient (Wildman–Crippen LogP) is 5.27. The van der Waals surface area contributed by atoms with Gasteiger partial charge in [0.05, 0.1) is 24.9 Å². The summed E-state index contributed by atoms with van der Waals surface area (Å²) in [5.74, 6) is 0.827. The van der Waals surface area contributed by atoms with E-state index in [9.17, 15) is 0 Å². The lowest BCUT2D eigenvalue weighted by molar-refractivity contribution is 0.415. The van der Waals surface area contributed by atoms with Crippen LogP contribution in [0.2, 0.25) is 0 Å². The Morgan fingerprint density at radius 2 is 1.83 bits per heavy atom. The third-order valence-corrected chi connectivity index (χ3v) is 6.12. The molecule has 5 nitrogen and oxygen atoms in total. The number of hydrogen-bond donors (Lipinski definition) is 1. The number of nitrogens with zero attached hydrogens (tertiary/aromatic N) is 3. The topological polar surface area (TPSA) is 42.3 Å². The molecule has 1 fully saturated rings. The number of benzene rings is 1. The van der Waals surface area contributed by atoms with E-state index in [0.29, 0.717) is 11.2 Å². The molecule has 3 aromatic rings. The van der Waals surface area contributed by atoms with Gasteiger partial charge in [0.15, 0.2) is 5.11 Å². The van der Waals surface area contributed by atoms with E-state index in [-0.39, 0.29) is 12.1 Å². The van der Waals surface area contributed by atoms with E-state index in [2.05, 4.69) is 71.7 Å². The second kappa shape index (κ2) is 8.11. The number of hydrogen-bond acceptors (Lipinski definition) is 3. The van der Waals surface area contributed by atoms with Crippen molar-refractivity contribution in [3.63, 3.8) is 0 Å². The number of nitrogens with one attached hydrogen (secondary N) is 1. The summed E-state index contributed by atoms with van der Waals surface area (Å²) in [6.07, 6.45) is 1.84. The molecule has 0 aliphatic carbocycles. The van der Waals surface area contributed by atoms with Gasteiger partial charge in [-0.3, -0.25) is 4.98 Å². The Morgan fingerprint density at radius 3 is 2.40 bits per heavy atom. The third-order valence-electron chi connectivity index (χ3n) is 5.81. The van der Waals surface area contributed by atoms with Crippen molar-refractivity contribution < 1.29 is 4.74 Å². The van der Waals surface area contributed by atoms with E-state index >= 15 is 0 Å². The highest BCUT2D eigenvalue weighted by atomic mass is 32.1. The molecule has 0 radical (unpaired) electrons. The van der Waals surface area contributed by atoms with E-state index in [4.69, 9.17) is 17.0 Å². The third kappa shape index (κ3) is 3.45. The molecule has 4 rings (SSSR count). The zero-order valence-corrected chi connectivity index (χ0v) is 18.9. The molecule has 0 saturated carbocycles. The van der Waals surface area contributed by atoms with Crippen LogP contribution in [0.25, 0.3) is 0 Å². The Balaban J connectivity index is 1.87. The first kappa shape index (κ1) is 20.4. The molecule has 0 spiro atoms. The zero-order valence-electron chi connectivity index (χ0n) is 18.1. The standard InChI is InChI=1S/C24H28N4OS/c1-15(2)27-16(3)14-20(17(27)4)23-22(21-8-6-7-13-25-21)26-24(30)28(23)18-9-11-19(29-5)12-10-18/h6-15,22-23H,1-5H3,(H,26,30). The Morgan fingerprint density at radius 1 is 1.10 bits per heavy atom. The highest BCUT2D eigenvalue weighted by Crippen LogP contribution is 2.43. The maximum absolute atomic E-state index is 5.82. The van der Waals surface area contributed by atoms with Crippen molar-refractivity contribution in [2.45, 2.75) is 45.8 Å². The molecular weight excluding hydrogens is 392 g/mol. The van der Waals surface area contributed by atoms with Crippen LogP contribution in [-0.4, -0.2) is 21.8 Å². The number of rotatable bonds is 5. The molecule has 0 bridgehead atoms. The van der Waals surface area contributed by atoms with E-state index in [1.165, 1.54) is 17.0 Å². The summed E-state index contributed by atoms with van der Waals surface area (Å²) in [4.78, 5) is 6.85. The van der Waals surface area contributed by atoms with Crippen LogP contribution in [0, 0.1) is 13.8 Å². The van der Waals surface area contributed by atoms with Crippen molar-refractivity contribution in [2.75, 3.05) is 12.0 Å². The van der Waals surface area contributed by atoms with Gasteiger partial charge in [0.1, 0.15) is 5.75 Å². The fraction of sp³-hybridized carbons (Fsp3) is 0.333. The SMILES string of the molecule is COc1ccc(N2C(=S)NC(c3ccccn3)C2c2cc(C)n(C(C)C)c2C)cc1. The lowest BCUT2D eigenvalue weighted by Crippen LogP contribution is -2.29. The second-order valence-corrected chi connectivity index (χ2v) is 8.37. The zero-order chi connectivity index (χ0) is 21.4. The van der Waals surface area contributed by atoms with Crippen LogP contribution in [0.1, 0.15) is 54.6 Å². The van der Waals surface area contributed by atoms with Crippen LogP contribution in [0.3, 0.4) is 0 Å². The summed E-state index contributed by atoms with van der Waals surface area (Å²) in [7, 11) is 1.68. The number of ether oxygens (including phenoxy) is 1. The maximum atomic E-state index is 5.82. The van der Waals surface area contributed by atoms with Gasteiger partial charge in [0, 0.05) is 29.3 Å². The highest BCUT2D eigenvalue weighted by Gasteiger charge is 2.42. The fourth-order valence-corrected chi connectivity index (χ4v) is 4.93. The van der Waals surface area contributed by atoms with Crippen LogP contribution in [0.4, 0.5) is 5.69 Å². The minimum atomic E-state index is -0.0399. The van der Waals surface area contributed by atoms with Crippen molar-refractivity contribution in [3.8, 4) is 5.75 Å². The van der Waals surface area contributed by atoms with Crippen molar-refractivity contribution in [3.05, 3.63) is 77.4 Å². The molecular formula is C24H28N4OS. The Labute approximate surface area is 183 Å². The number of aromatic nitrogens is 2. The molecule has 156 valence electrons. The molecule has 1 aromatic carbocycles. The number of methoxy groups -OCH3 is 1. The average Bonchev–Trinajstić information content (AvgIpc) is 3.24. The summed E-state index contributed by atoms with van der Waals surface area (Å²) >= 11 is 5.82. The van der Waals surface area contributed by atoms with Gasteiger partial charge in [-0.05, 0) is 87.9 Å². The predicted molar refractivity (Wildman–Crippen MR) is 125 cm³/mol. The Bertz CT molecular complexity index is 1040. The van der Waals surface area contributed by atoms with Gasteiger partial charge in [-0.25, -0.2) is 0 Å². The van der Waals surface area contributed by atoms with Crippen molar-refractivity contribution in [1.82, 2.24) is 14.9 Å². The molecule has 1 N–H and O–H groups in total. The van der Waals surface area contributed by atoms with Crippen LogP contribution in [0.5, 0.6) is 5.75 Å². The minimum absolute atomic E-state index is 0.000468. The summed E-state index contributed by atoms with van der Waals surface area (Å²) in [6.45, 7) is 8.81. The molecule has 1 aliphatic heterocycles. The van der Waals surface area contributed by atoms with Crippen molar-refractivity contribution >= 4 is 23.0 Å². The van der Waals surface area contributed by atoms with E-state index in [1.807, 2.05) is 30.5 Å². The molecule has 0 amide bonds. The number of aryl methyl sites for hydroxylation is 1.